The Morgan fingerprint density at radius 1 is 1.32 bits per heavy atom. The molecule has 1 saturated carbocycles. The van der Waals surface area contributed by atoms with Gasteiger partial charge in [0.25, 0.3) is 0 Å². The maximum atomic E-state index is 11.0. The molecule has 0 heterocycles. The average molecular weight is 389 g/mol. The molecule has 2 aliphatic rings. The van der Waals surface area contributed by atoms with Crippen molar-refractivity contribution in [1.82, 2.24) is 0 Å². The molecule has 2 rings (SSSR count). The number of fused-ring (bicyclic) bond motifs is 1. The first kappa shape index (κ1) is 22.9. The van der Waals surface area contributed by atoms with E-state index in [0.29, 0.717) is 28.7 Å². The SMILES string of the molecule is C/C1=C/C[C@]2(C)CC[C@H]([C@@H](C)CC/C=C(\C)C(=O)O)[C@H]2C/C=C(/C)[C@H](O)CC1. The van der Waals surface area contributed by atoms with E-state index in [9.17, 15) is 9.90 Å². The summed E-state index contributed by atoms with van der Waals surface area (Å²) in [5.41, 5.74) is 3.29. The second-order valence-corrected chi connectivity index (χ2v) is 9.70. The molecule has 0 unspecified atom stereocenters. The standard InChI is InChI=1S/C25H40O3/c1-17-9-12-23(26)19(3)10-11-22-21(14-16-25(22,5)15-13-17)18(2)7-6-8-20(4)24(27)28/h8,10,13,18,21-23,26H,6-7,9,11-12,14-16H2,1-5H3,(H,27,28)/b17-13-,19-10-,20-8+/t18-,21+,22+,23+,25+/m0/s1. The first-order valence-electron chi connectivity index (χ1n) is 11.0. The number of aliphatic hydroxyl groups is 1. The zero-order valence-corrected chi connectivity index (χ0v) is 18.5. The summed E-state index contributed by atoms with van der Waals surface area (Å²) in [5, 5.41) is 19.5. The van der Waals surface area contributed by atoms with Gasteiger partial charge in [0.1, 0.15) is 0 Å². The molecule has 0 spiro atoms. The minimum atomic E-state index is -0.814. The van der Waals surface area contributed by atoms with E-state index >= 15 is 0 Å². The third-order valence-electron chi connectivity index (χ3n) is 7.55. The Hall–Kier alpha value is -1.35. The first-order chi connectivity index (χ1) is 13.1. The number of aliphatic hydroxyl groups excluding tert-OH is 1. The largest absolute Gasteiger partial charge is 0.478 e. The summed E-state index contributed by atoms with van der Waals surface area (Å²) < 4.78 is 0. The van der Waals surface area contributed by atoms with Gasteiger partial charge < -0.3 is 10.2 Å². The fraction of sp³-hybridized carbons (Fsp3) is 0.720. The Labute approximate surface area is 171 Å². The number of hydrogen-bond donors (Lipinski definition) is 2. The van der Waals surface area contributed by atoms with Crippen molar-refractivity contribution in [3.63, 3.8) is 0 Å². The van der Waals surface area contributed by atoms with Crippen LogP contribution >= 0.6 is 0 Å². The van der Waals surface area contributed by atoms with Gasteiger partial charge >= 0.3 is 5.97 Å². The Kier molecular flexibility index (Phi) is 8.12. The third-order valence-corrected chi connectivity index (χ3v) is 7.55. The lowest BCUT2D eigenvalue weighted by molar-refractivity contribution is -0.132. The van der Waals surface area contributed by atoms with Crippen molar-refractivity contribution in [1.29, 1.82) is 0 Å². The minimum absolute atomic E-state index is 0.319. The maximum Gasteiger partial charge on any atom is 0.330 e. The van der Waals surface area contributed by atoms with E-state index in [1.54, 1.807) is 6.92 Å². The lowest BCUT2D eigenvalue weighted by atomic mass is 9.69. The Morgan fingerprint density at radius 3 is 2.71 bits per heavy atom. The van der Waals surface area contributed by atoms with Crippen LogP contribution in [0, 0.1) is 23.2 Å². The van der Waals surface area contributed by atoms with Crippen LogP contribution in [0.15, 0.2) is 34.9 Å². The van der Waals surface area contributed by atoms with Gasteiger partial charge in [-0.25, -0.2) is 4.79 Å². The lowest BCUT2D eigenvalue weighted by Crippen LogP contribution is -2.28. The minimum Gasteiger partial charge on any atom is -0.478 e. The highest BCUT2D eigenvalue weighted by molar-refractivity contribution is 5.85. The highest BCUT2D eigenvalue weighted by Crippen LogP contribution is 2.54. The van der Waals surface area contributed by atoms with Crippen LogP contribution < -0.4 is 0 Å². The van der Waals surface area contributed by atoms with E-state index in [-0.39, 0.29) is 6.10 Å². The summed E-state index contributed by atoms with van der Waals surface area (Å²) in [6.07, 6.45) is 14.6. The number of carboxylic acids is 1. The summed E-state index contributed by atoms with van der Waals surface area (Å²) in [6, 6.07) is 0. The summed E-state index contributed by atoms with van der Waals surface area (Å²) in [5.74, 6) is 1.06. The molecule has 3 heteroatoms. The quantitative estimate of drug-likeness (QED) is 0.429. The topological polar surface area (TPSA) is 57.5 Å². The van der Waals surface area contributed by atoms with Gasteiger partial charge in [-0.05, 0) is 101 Å². The van der Waals surface area contributed by atoms with Crippen molar-refractivity contribution in [2.45, 2.75) is 92.1 Å². The molecule has 0 amide bonds. The fourth-order valence-electron chi connectivity index (χ4n) is 5.21. The molecule has 28 heavy (non-hydrogen) atoms. The number of carbonyl (C=O) groups is 1. The van der Waals surface area contributed by atoms with Crippen molar-refractivity contribution < 1.29 is 15.0 Å². The number of aliphatic carboxylic acids is 1. The van der Waals surface area contributed by atoms with Gasteiger partial charge in [0.05, 0.1) is 6.10 Å². The molecule has 0 radical (unpaired) electrons. The van der Waals surface area contributed by atoms with Gasteiger partial charge in [0.2, 0.25) is 0 Å². The Morgan fingerprint density at radius 2 is 2.04 bits per heavy atom. The maximum absolute atomic E-state index is 11.0. The van der Waals surface area contributed by atoms with Crippen LogP contribution in [-0.4, -0.2) is 22.3 Å². The molecule has 0 aliphatic heterocycles. The van der Waals surface area contributed by atoms with E-state index in [1.807, 2.05) is 6.08 Å². The van der Waals surface area contributed by atoms with Crippen LogP contribution in [-0.2, 0) is 4.79 Å². The summed E-state index contributed by atoms with van der Waals surface area (Å²) in [4.78, 5) is 11.0. The molecule has 1 fully saturated rings. The Bertz CT molecular complexity index is 642. The van der Waals surface area contributed by atoms with Crippen LogP contribution in [0.4, 0.5) is 0 Å². The lowest BCUT2D eigenvalue weighted by Gasteiger charge is -2.35. The van der Waals surface area contributed by atoms with E-state index in [4.69, 9.17) is 5.11 Å². The molecule has 0 saturated heterocycles. The van der Waals surface area contributed by atoms with Crippen molar-refractivity contribution in [2.24, 2.45) is 23.2 Å². The first-order valence-corrected chi connectivity index (χ1v) is 11.0. The van der Waals surface area contributed by atoms with Crippen LogP contribution in [0.5, 0.6) is 0 Å². The van der Waals surface area contributed by atoms with Gasteiger partial charge in [-0.3, -0.25) is 0 Å². The molecule has 158 valence electrons. The number of hydrogen-bond acceptors (Lipinski definition) is 2. The van der Waals surface area contributed by atoms with E-state index in [2.05, 4.69) is 39.8 Å². The molecule has 0 bridgehead atoms. The molecule has 2 aliphatic carbocycles. The summed E-state index contributed by atoms with van der Waals surface area (Å²) in [6.45, 7) is 10.8. The molecule has 3 nitrogen and oxygen atoms in total. The molecular weight excluding hydrogens is 348 g/mol. The smallest absolute Gasteiger partial charge is 0.330 e. The van der Waals surface area contributed by atoms with Crippen LogP contribution in [0.3, 0.4) is 0 Å². The van der Waals surface area contributed by atoms with Gasteiger partial charge in [-0.1, -0.05) is 37.6 Å². The monoisotopic (exact) mass is 388 g/mol. The highest BCUT2D eigenvalue weighted by Gasteiger charge is 2.45. The van der Waals surface area contributed by atoms with Crippen LogP contribution in [0.2, 0.25) is 0 Å². The predicted octanol–water partition coefficient (Wildman–Crippen LogP) is 6.29. The number of rotatable bonds is 5. The van der Waals surface area contributed by atoms with Crippen LogP contribution in [0.25, 0.3) is 0 Å². The van der Waals surface area contributed by atoms with Gasteiger partial charge in [0, 0.05) is 5.57 Å². The third kappa shape index (κ3) is 5.83. The second-order valence-electron chi connectivity index (χ2n) is 9.70. The number of carboxylic acid groups (broad SMARTS) is 1. The zero-order chi connectivity index (χ0) is 20.9. The van der Waals surface area contributed by atoms with Crippen molar-refractivity contribution >= 4 is 5.97 Å². The zero-order valence-electron chi connectivity index (χ0n) is 18.5. The van der Waals surface area contributed by atoms with Gasteiger partial charge in [-0.2, -0.15) is 0 Å². The molecule has 2 N–H and O–H groups in total. The highest BCUT2D eigenvalue weighted by atomic mass is 16.4. The summed E-state index contributed by atoms with van der Waals surface area (Å²) in [7, 11) is 0. The molecule has 0 aromatic rings. The fourth-order valence-corrected chi connectivity index (χ4v) is 5.21. The van der Waals surface area contributed by atoms with E-state index < -0.39 is 5.97 Å². The summed E-state index contributed by atoms with van der Waals surface area (Å²) >= 11 is 0. The number of allylic oxidation sites excluding steroid dienone is 4. The average Bonchev–Trinajstić information content (AvgIpc) is 2.97. The normalized spacial score (nSPS) is 37.1. The van der Waals surface area contributed by atoms with Crippen molar-refractivity contribution in [3.05, 3.63) is 34.9 Å². The van der Waals surface area contributed by atoms with Gasteiger partial charge in [0.15, 0.2) is 0 Å². The van der Waals surface area contributed by atoms with Crippen LogP contribution in [0.1, 0.15) is 86.0 Å². The van der Waals surface area contributed by atoms with E-state index in [0.717, 1.165) is 44.1 Å². The van der Waals surface area contributed by atoms with Crippen molar-refractivity contribution in [2.75, 3.05) is 0 Å². The van der Waals surface area contributed by atoms with Crippen molar-refractivity contribution in [3.8, 4) is 0 Å². The van der Waals surface area contributed by atoms with Gasteiger partial charge in [-0.15, -0.1) is 0 Å². The Balaban J connectivity index is 2.16. The molecule has 0 aromatic carbocycles. The molecule has 0 aromatic heterocycles. The second kappa shape index (κ2) is 9.91. The predicted molar refractivity (Wildman–Crippen MR) is 116 cm³/mol. The molecule has 5 atom stereocenters. The van der Waals surface area contributed by atoms with E-state index in [1.165, 1.54) is 18.4 Å². The molecular formula is C25H40O3.